The molecule has 0 spiro atoms. The van der Waals surface area contributed by atoms with Crippen molar-refractivity contribution in [2.45, 2.75) is 59.2 Å². The number of carbonyl (C=O) groups excluding carboxylic acids is 1. The Morgan fingerprint density at radius 2 is 2.11 bits per heavy atom. The van der Waals surface area contributed by atoms with E-state index in [9.17, 15) is 4.79 Å². The van der Waals surface area contributed by atoms with Crippen molar-refractivity contribution >= 4 is 5.91 Å². The molecule has 0 radical (unpaired) electrons. The van der Waals surface area contributed by atoms with E-state index >= 15 is 0 Å². The number of hydrogen-bond donors (Lipinski definition) is 1. The molecule has 0 aromatic heterocycles. The molecule has 0 saturated carbocycles. The lowest BCUT2D eigenvalue weighted by Gasteiger charge is -2.42. The van der Waals surface area contributed by atoms with Crippen LogP contribution in [0.15, 0.2) is 0 Å². The number of rotatable bonds is 5. The molecule has 1 saturated heterocycles. The molecule has 1 amide bonds. The molecule has 112 valence electrons. The van der Waals surface area contributed by atoms with Gasteiger partial charge in [-0.3, -0.25) is 4.79 Å². The summed E-state index contributed by atoms with van der Waals surface area (Å²) < 4.78 is 5.83. The van der Waals surface area contributed by atoms with Crippen LogP contribution in [-0.2, 0) is 9.53 Å². The summed E-state index contributed by atoms with van der Waals surface area (Å²) >= 11 is 0. The first-order valence-corrected chi connectivity index (χ1v) is 7.39. The van der Waals surface area contributed by atoms with Crippen LogP contribution in [-0.4, -0.2) is 42.1 Å². The van der Waals surface area contributed by atoms with Gasteiger partial charge in [0.1, 0.15) is 0 Å². The lowest BCUT2D eigenvalue weighted by atomic mass is 9.93. The number of ether oxygens (including phenoxy) is 1. The minimum absolute atomic E-state index is 0.106. The predicted molar refractivity (Wildman–Crippen MR) is 77.8 cm³/mol. The van der Waals surface area contributed by atoms with Crippen molar-refractivity contribution in [1.29, 1.82) is 0 Å². The van der Waals surface area contributed by atoms with Crippen LogP contribution in [0.5, 0.6) is 0 Å². The van der Waals surface area contributed by atoms with E-state index in [4.69, 9.17) is 10.5 Å². The maximum Gasteiger partial charge on any atom is 0.223 e. The van der Waals surface area contributed by atoms with E-state index in [1.807, 2.05) is 25.7 Å². The van der Waals surface area contributed by atoms with Crippen LogP contribution in [0, 0.1) is 11.8 Å². The number of morpholine rings is 1. The van der Waals surface area contributed by atoms with Crippen molar-refractivity contribution in [2.75, 3.05) is 19.6 Å². The van der Waals surface area contributed by atoms with E-state index in [2.05, 4.69) is 13.8 Å². The van der Waals surface area contributed by atoms with Crippen LogP contribution in [0.2, 0.25) is 0 Å². The highest BCUT2D eigenvalue weighted by Crippen LogP contribution is 2.23. The largest absolute Gasteiger partial charge is 0.369 e. The van der Waals surface area contributed by atoms with Crippen molar-refractivity contribution in [3.05, 3.63) is 0 Å². The molecule has 0 aliphatic carbocycles. The second-order valence-electron chi connectivity index (χ2n) is 6.90. The van der Waals surface area contributed by atoms with Gasteiger partial charge in [-0.05, 0) is 45.6 Å². The van der Waals surface area contributed by atoms with E-state index in [1.54, 1.807) is 0 Å². The zero-order chi connectivity index (χ0) is 14.6. The summed E-state index contributed by atoms with van der Waals surface area (Å²) in [6, 6.07) is 0. The maximum atomic E-state index is 12.4. The third-order valence-corrected chi connectivity index (χ3v) is 3.52. The molecule has 0 aromatic rings. The molecule has 1 aliphatic heterocycles. The quantitative estimate of drug-likeness (QED) is 0.831. The minimum Gasteiger partial charge on any atom is -0.369 e. The fourth-order valence-corrected chi connectivity index (χ4v) is 2.95. The molecular formula is C15H30N2O2. The van der Waals surface area contributed by atoms with Crippen LogP contribution < -0.4 is 5.73 Å². The molecular weight excluding hydrogens is 240 g/mol. The monoisotopic (exact) mass is 270 g/mol. The second kappa shape index (κ2) is 6.71. The summed E-state index contributed by atoms with van der Waals surface area (Å²) in [5.74, 6) is 1.11. The summed E-state index contributed by atoms with van der Waals surface area (Å²) in [4.78, 5) is 14.3. The van der Waals surface area contributed by atoms with Gasteiger partial charge in [0, 0.05) is 19.5 Å². The molecule has 1 rings (SSSR count). The van der Waals surface area contributed by atoms with Crippen molar-refractivity contribution in [3.8, 4) is 0 Å². The minimum atomic E-state index is -0.246. The van der Waals surface area contributed by atoms with E-state index in [-0.39, 0.29) is 17.6 Å². The van der Waals surface area contributed by atoms with Gasteiger partial charge < -0.3 is 15.4 Å². The van der Waals surface area contributed by atoms with Gasteiger partial charge in [-0.2, -0.15) is 0 Å². The molecule has 0 aromatic carbocycles. The highest BCUT2D eigenvalue weighted by atomic mass is 16.5. The molecule has 4 nitrogen and oxygen atoms in total. The summed E-state index contributed by atoms with van der Waals surface area (Å²) in [5.41, 5.74) is 5.54. The molecule has 19 heavy (non-hydrogen) atoms. The zero-order valence-electron chi connectivity index (χ0n) is 13.1. The van der Waals surface area contributed by atoms with Gasteiger partial charge in [-0.15, -0.1) is 0 Å². The van der Waals surface area contributed by atoms with Gasteiger partial charge in [-0.25, -0.2) is 0 Å². The Kier molecular flexibility index (Phi) is 5.81. The standard InChI is InChI=1S/C15H30N2O2/c1-11(2)6-13(8-16)7-14(18)17-9-12(3)19-15(4,5)10-17/h11-13H,6-10,16H2,1-5H3/t12?,13-/m0/s1. The van der Waals surface area contributed by atoms with E-state index in [0.717, 1.165) is 6.42 Å². The van der Waals surface area contributed by atoms with Gasteiger partial charge in [0.25, 0.3) is 0 Å². The van der Waals surface area contributed by atoms with E-state index in [1.165, 1.54) is 0 Å². The number of hydrogen-bond acceptors (Lipinski definition) is 3. The number of carbonyl (C=O) groups is 1. The molecule has 1 fully saturated rings. The molecule has 4 heteroatoms. The fraction of sp³-hybridized carbons (Fsp3) is 0.933. The summed E-state index contributed by atoms with van der Waals surface area (Å²) in [7, 11) is 0. The van der Waals surface area contributed by atoms with Gasteiger partial charge in [-0.1, -0.05) is 13.8 Å². The van der Waals surface area contributed by atoms with Crippen molar-refractivity contribution in [3.63, 3.8) is 0 Å². The average Bonchev–Trinajstić information content (AvgIpc) is 2.24. The highest BCUT2D eigenvalue weighted by molar-refractivity contribution is 5.76. The number of nitrogens with zero attached hydrogens (tertiary/aromatic N) is 1. The highest BCUT2D eigenvalue weighted by Gasteiger charge is 2.34. The summed E-state index contributed by atoms with van der Waals surface area (Å²) in [6.07, 6.45) is 1.69. The van der Waals surface area contributed by atoms with Crippen molar-refractivity contribution < 1.29 is 9.53 Å². The smallest absolute Gasteiger partial charge is 0.223 e. The van der Waals surface area contributed by atoms with E-state index in [0.29, 0.717) is 37.9 Å². The Morgan fingerprint density at radius 1 is 1.47 bits per heavy atom. The van der Waals surface area contributed by atoms with Gasteiger partial charge in [0.15, 0.2) is 0 Å². The maximum absolute atomic E-state index is 12.4. The number of nitrogens with two attached hydrogens (primary N) is 1. The SMILES string of the molecule is CC(C)C[C@H](CN)CC(=O)N1CC(C)OC(C)(C)C1. The number of amides is 1. The second-order valence-corrected chi connectivity index (χ2v) is 6.90. The predicted octanol–water partition coefficient (Wildman–Crippen LogP) is 2.02. The zero-order valence-corrected chi connectivity index (χ0v) is 13.1. The van der Waals surface area contributed by atoms with Crippen LogP contribution in [0.25, 0.3) is 0 Å². The molecule has 1 heterocycles. The van der Waals surface area contributed by atoms with Crippen LogP contribution >= 0.6 is 0 Å². The summed E-state index contributed by atoms with van der Waals surface area (Å²) in [5, 5.41) is 0. The van der Waals surface area contributed by atoms with Gasteiger partial charge in [0.2, 0.25) is 5.91 Å². The third kappa shape index (κ3) is 5.49. The van der Waals surface area contributed by atoms with Gasteiger partial charge in [0.05, 0.1) is 11.7 Å². The third-order valence-electron chi connectivity index (χ3n) is 3.52. The van der Waals surface area contributed by atoms with E-state index < -0.39 is 0 Å². The fourth-order valence-electron chi connectivity index (χ4n) is 2.95. The van der Waals surface area contributed by atoms with Crippen LogP contribution in [0.4, 0.5) is 0 Å². The Labute approximate surface area is 117 Å². The molecule has 0 bridgehead atoms. The Morgan fingerprint density at radius 3 is 2.58 bits per heavy atom. The average molecular weight is 270 g/mol. The molecule has 1 aliphatic rings. The Balaban J connectivity index is 2.56. The molecule has 1 unspecified atom stereocenters. The van der Waals surface area contributed by atoms with Gasteiger partial charge >= 0.3 is 0 Å². The van der Waals surface area contributed by atoms with Crippen molar-refractivity contribution in [2.24, 2.45) is 17.6 Å². The normalized spacial score (nSPS) is 24.6. The Hall–Kier alpha value is -0.610. The first-order chi connectivity index (χ1) is 8.73. The first-order valence-electron chi connectivity index (χ1n) is 7.39. The molecule has 2 N–H and O–H groups in total. The Bertz CT molecular complexity index is 303. The topological polar surface area (TPSA) is 55.6 Å². The summed E-state index contributed by atoms with van der Waals surface area (Å²) in [6.45, 7) is 12.4. The lowest BCUT2D eigenvalue weighted by molar-refractivity contribution is -0.158. The van der Waals surface area contributed by atoms with Crippen molar-refractivity contribution in [1.82, 2.24) is 4.90 Å². The molecule has 2 atom stereocenters. The van der Waals surface area contributed by atoms with Crippen LogP contribution in [0.1, 0.15) is 47.5 Å². The van der Waals surface area contributed by atoms with Crippen LogP contribution in [0.3, 0.4) is 0 Å². The lowest BCUT2D eigenvalue weighted by Crippen LogP contribution is -2.54. The first kappa shape index (κ1) is 16.4.